The first kappa shape index (κ1) is 13.5. The molecular weight excluding hydrogens is 312 g/mol. The van der Waals surface area contributed by atoms with Gasteiger partial charge in [-0.05, 0) is 6.07 Å². The van der Waals surface area contributed by atoms with Crippen LogP contribution in [0.4, 0.5) is 0 Å². The lowest BCUT2D eigenvalue weighted by Crippen LogP contribution is -2.26. The van der Waals surface area contributed by atoms with Crippen LogP contribution >= 0.6 is 15.9 Å². The fourth-order valence-corrected chi connectivity index (χ4v) is 2.07. The topological polar surface area (TPSA) is 61.2 Å². The minimum Gasteiger partial charge on any atom is -0.480 e. The fraction of sp³-hybridized carbons (Fsp3) is 0.154. The van der Waals surface area contributed by atoms with E-state index >= 15 is 0 Å². The molecule has 1 aromatic heterocycles. The van der Waals surface area contributed by atoms with Gasteiger partial charge in [0.2, 0.25) is 5.88 Å². The second-order valence-electron chi connectivity index (χ2n) is 3.77. The zero-order chi connectivity index (χ0) is 13.8. The molecule has 0 spiro atoms. The van der Waals surface area contributed by atoms with Gasteiger partial charge in [-0.25, -0.2) is 4.68 Å². The number of hydrogen-bond donors (Lipinski definition) is 0. The molecule has 19 heavy (non-hydrogen) atoms. The average molecular weight is 323 g/mol. The van der Waals surface area contributed by atoms with Gasteiger partial charge in [0.05, 0.1) is 7.11 Å². The normalized spacial score (nSPS) is 10.2. The molecule has 0 saturated heterocycles. The molecule has 0 atom stereocenters. The monoisotopic (exact) mass is 322 g/mol. The first-order valence-corrected chi connectivity index (χ1v) is 6.31. The minimum atomic E-state index is -0.346. The van der Waals surface area contributed by atoms with Gasteiger partial charge in [-0.2, -0.15) is 0 Å². The minimum absolute atomic E-state index is 0.126. The van der Waals surface area contributed by atoms with Crippen molar-refractivity contribution in [3.05, 3.63) is 56.8 Å². The lowest BCUT2D eigenvalue weighted by atomic mass is 10.1. The van der Waals surface area contributed by atoms with Crippen LogP contribution in [0.25, 0.3) is 0 Å². The van der Waals surface area contributed by atoms with Gasteiger partial charge >= 0.3 is 0 Å². The number of nitrogens with zero attached hydrogens (tertiary/aromatic N) is 2. The molecular formula is C13H11BrN2O3. The summed E-state index contributed by atoms with van der Waals surface area (Å²) in [5.74, 6) is 0.0925. The smallest absolute Gasteiger partial charge is 0.267 e. The summed E-state index contributed by atoms with van der Waals surface area (Å²) in [5, 5.41) is 3.93. The van der Waals surface area contributed by atoms with Gasteiger partial charge < -0.3 is 4.74 Å². The average Bonchev–Trinajstić information content (AvgIpc) is 2.41. The zero-order valence-corrected chi connectivity index (χ0v) is 11.8. The van der Waals surface area contributed by atoms with Crippen LogP contribution in [0.15, 0.2) is 45.7 Å². The highest BCUT2D eigenvalue weighted by molar-refractivity contribution is 9.10. The van der Waals surface area contributed by atoms with Crippen molar-refractivity contribution in [3.63, 3.8) is 0 Å². The largest absolute Gasteiger partial charge is 0.480 e. The third-order valence-corrected chi connectivity index (χ3v) is 3.21. The van der Waals surface area contributed by atoms with Crippen molar-refractivity contribution in [1.29, 1.82) is 0 Å². The van der Waals surface area contributed by atoms with E-state index in [1.54, 1.807) is 18.2 Å². The lowest BCUT2D eigenvalue weighted by molar-refractivity contribution is 0.0964. The van der Waals surface area contributed by atoms with E-state index in [2.05, 4.69) is 21.0 Å². The van der Waals surface area contributed by atoms with Crippen molar-refractivity contribution in [2.45, 2.75) is 6.54 Å². The third kappa shape index (κ3) is 3.08. The fourth-order valence-electron chi connectivity index (χ4n) is 1.56. The van der Waals surface area contributed by atoms with Crippen molar-refractivity contribution in [1.82, 2.24) is 9.78 Å². The number of Topliss-reactive ketones (excluding diaryl/α,β-unsaturated/α-hetero) is 1. The molecule has 0 aliphatic rings. The highest BCUT2D eigenvalue weighted by atomic mass is 79.9. The third-order valence-electron chi connectivity index (χ3n) is 2.52. The maximum atomic E-state index is 12.1. The van der Waals surface area contributed by atoms with Crippen LogP contribution in [0, 0.1) is 0 Å². The van der Waals surface area contributed by atoms with Gasteiger partial charge in [-0.3, -0.25) is 9.59 Å². The molecule has 1 aromatic carbocycles. The summed E-state index contributed by atoms with van der Waals surface area (Å²) in [5.41, 5.74) is 0.167. The van der Waals surface area contributed by atoms with E-state index in [4.69, 9.17) is 4.74 Å². The van der Waals surface area contributed by atoms with E-state index in [9.17, 15) is 9.59 Å². The molecule has 0 amide bonds. The number of ketones is 1. The quantitative estimate of drug-likeness (QED) is 0.806. The highest BCUT2D eigenvalue weighted by Gasteiger charge is 2.12. The lowest BCUT2D eigenvalue weighted by Gasteiger charge is -2.06. The number of aromatic nitrogens is 2. The summed E-state index contributed by atoms with van der Waals surface area (Å²) < 4.78 is 6.70. The summed E-state index contributed by atoms with van der Waals surface area (Å²) >= 11 is 3.30. The second kappa shape index (κ2) is 5.79. The first-order valence-electron chi connectivity index (χ1n) is 5.51. The first-order chi connectivity index (χ1) is 9.11. The number of carbonyl (C=O) groups is 1. The van der Waals surface area contributed by atoms with Crippen molar-refractivity contribution in [2.24, 2.45) is 0 Å². The number of carbonyl (C=O) groups excluding carboxylic acids is 1. The van der Waals surface area contributed by atoms with Crippen LogP contribution < -0.4 is 10.3 Å². The predicted molar refractivity (Wildman–Crippen MR) is 73.5 cm³/mol. The highest BCUT2D eigenvalue weighted by Crippen LogP contribution is 2.16. The van der Waals surface area contributed by atoms with Crippen LogP contribution in [0.1, 0.15) is 10.4 Å². The molecule has 0 unspecified atom stereocenters. The summed E-state index contributed by atoms with van der Waals surface area (Å²) in [7, 11) is 1.45. The Morgan fingerprint density at radius 2 is 2.05 bits per heavy atom. The Morgan fingerprint density at radius 3 is 2.74 bits per heavy atom. The molecule has 0 saturated carbocycles. The molecule has 6 heteroatoms. The van der Waals surface area contributed by atoms with Crippen molar-refractivity contribution < 1.29 is 9.53 Å². The maximum absolute atomic E-state index is 12.1. The Morgan fingerprint density at radius 1 is 1.32 bits per heavy atom. The molecule has 98 valence electrons. The Bertz CT molecular complexity index is 667. The van der Waals surface area contributed by atoms with Gasteiger partial charge in [0.15, 0.2) is 5.78 Å². The molecule has 0 bridgehead atoms. The van der Waals surface area contributed by atoms with E-state index in [-0.39, 0.29) is 17.9 Å². The summed E-state index contributed by atoms with van der Waals surface area (Å²) in [6.45, 7) is -0.126. The predicted octanol–water partition coefficient (Wildman–Crippen LogP) is 1.90. The van der Waals surface area contributed by atoms with Crippen molar-refractivity contribution in [2.75, 3.05) is 7.11 Å². The van der Waals surface area contributed by atoms with E-state index in [1.165, 1.54) is 19.2 Å². The van der Waals surface area contributed by atoms with Gasteiger partial charge in [0.25, 0.3) is 5.56 Å². The van der Waals surface area contributed by atoms with Crippen LogP contribution in [0.5, 0.6) is 5.88 Å². The van der Waals surface area contributed by atoms with Crippen LogP contribution in [0.3, 0.4) is 0 Å². The van der Waals surface area contributed by atoms with E-state index in [0.29, 0.717) is 15.9 Å². The van der Waals surface area contributed by atoms with Crippen molar-refractivity contribution in [3.8, 4) is 5.88 Å². The molecule has 0 N–H and O–H groups in total. The van der Waals surface area contributed by atoms with Gasteiger partial charge in [0, 0.05) is 22.2 Å². The second-order valence-corrected chi connectivity index (χ2v) is 4.63. The Labute approximate surface area is 118 Å². The SMILES string of the molecule is COc1ccc(=O)n(CC(=O)c2ccccc2Br)n1. The van der Waals surface area contributed by atoms with Gasteiger partial charge in [0.1, 0.15) is 6.54 Å². The Kier molecular flexibility index (Phi) is 4.11. The number of halogens is 1. The summed E-state index contributed by atoms with van der Waals surface area (Å²) in [6.07, 6.45) is 0. The van der Waals surface area contributed by atoms with E-state index in [0.717, 1.165) is 4.68 Å². The molecule has 0 radical (unpaired) electrons. The molecule has 0 aliphatic heterocycles. The van der Waals surface area contributed by atoms with E-state index < -0.39 is 0 Å². The molecule has 2 aromatic rings. The number of benzene rings is 1. The van der Waals surface area contributed by atoms with Crippen LogP contribution in [-0.2, 0) is 6.54 Å². The van der Waals surface area contributed by atoms with Gasteiger partial charge in [-0.1, -0.05) is 34.1 Å². The van der Waals surface area contributed by atoms with Crippen molar-refractivity contribution >= 4 is 21.7 Å². The summed E-state index contributed by atoms with van der Waals surface area (Å²) in [6, 6.07) is 9.82. The number of methoxy groups -OCH3 is 1. The van der Waals surface area contributed by atoms with Crippen LogP contribution in [0.2, 0.25) is 0 Å². The Balaban J connectivity index is 2.29. The standard InChI is InChI=1S/C13H11BrN2O3/c1-19-12-6-7-13(18)16(15-12)8-11(17)9-4-2-3-5-10(9)14/h2-7H,8H2,1H3. The molecule has 0 fully saturated rings. The zero-order valence-electron chi connectivity index (χ0n) is 10.2. The Hall–Kier alpha value is -1.95. The number of ether oxygens (including phenoxy) is 1. The number of rotatable bonds is 4. The van der Waals surface area contributed by atoms with Crippen LogP contribution in [-0.4, -0.2) is 22.7 Å². The molecule has 0 aliphatic carbocycles. The molecule has 2 rings (SSSR count). The van der Waals surface area contributed by atoms with Gasteiger partial charge in [-0.15, -0.1) is 5.10 Å². The molecule has 5 nitrogen and oxygen atoms in total. The summed E-state index contributed by atoms with van der Waals surface area (Å²) in [4.78, 5) is 23.7. The maximum Gasteiger partial charge on any atom is 0.267 e. The molecule has 1 heterocycles. The van der Waals surface area contributed by atoms with E-state index in [1.807, 2.05) is 6.07 Å². The number of hydrogen-bond acceptors (Lipinski definition) is 4.